The normalized spacial score (nSPS) is 20.9. The maximum atomic E-state index is 12.5. The maximum absolute atomic E-state index is 12.5. The molecule has 0 saturated carbocycles. The molecule has 0 unspecified atom stereocenters. The van der Waals surface area contributed by atoms with Gasteiger partial charge in [-0.3, -0.25) is 0 Å². The van der Waals surface area contributed by atoms with Crippen molar-refractivity contribution >= 4 is 11.9 Å². The quantitative estimate of drug-likeness (QED) is 0.816. The van der Waals surface area contributed by atoms with Crippen LogP contribution in [0.1, 0.15) is 25.3 Å². The summed E-state index contributed by atoms with van der Waals surface area (Å²) < 4.78 is 17.7. The van der Waals surface area contributed by atoms with Crippen LogP contribution in [-0.2, 0) is 11.4 Å². The molecule has 0 aliphatic carbocycles. The number of pyridine rings is 1. The van der Waals surface area contributed by atoms with E-state index in [-0.39, 0.29) is 18.7 Å². The molecule has 2 heterocycles. The Morgan fingerprint density at radius 1 is 1.61 bits per heavy atom. The largest absolute Gasteiger partial charge is 0.445 e. The Morgan fingerprint density at radius 3 is 3.09 bits per heavy atom. The third-order valence-electron chi connectivity index (χ3n) is 4.15. The van der Waals surface area contributed by atoms with Gasteiger partial charge in [0.05, 0.1) is 6.04 Å². The van der Waals surface area contributed by atoms with E-state index in [0.29, 0.717) is 30.4 Å². The van der Waals surface area contributed by atoms with E-state index in [1.165, 1.54) is 6.20 Å². The van der Waals surface area contributed by atoms with Gasteiger partial charge in [0.15, 0.2) is 0 Å². The van der Waals surface area contributed by atoms with E-state index in [2.05, 4.69) is 23.8 Å². The number of hydrogen-bond donors (Lipinski definition) is 1. The fraction of sp³-hybridized carbons (Fsp3) is 0.529. The summed E-state index contributed by atoms with van der Waals surface area (Å²) in [6, 6.07) is 3.50. The minimum atomic E-state index is -0.518. The van der Waals surface area contributed by atoms with Gasteiger partial charge in [0.25, 0.3) is 0 Å². The molecule has 0 spiro atoms. The third-order valence-corrected chi connectivity index (χ3v) is 4.15. The first-order chi connectivity index (χ1) is 11.2. The molecule has 5 nitrogen and oxygen atoms in total. The Labute approximate surface area is 136 Å². The average molecular weight is 321 g/mol. The van der Waals surface area contributed by atoms with E-state index in [1.54, 1.807) is 23.1 Å². The highest BCUT2D eigenvalue weighted by Gasteiger charge is 2.32. The Morgan fingerprint density at radius 2 is 2.43 bits per heavy atom. The van der Waals surface area contributed by atoms with E-state index >= 15 is 0 Å². The first kappa shape index (κ1) is 17.2. The standard InChI is InChI=1S/C17H24FN3O2/c1-3-9-23-17(22)21-8-4-5-13(2)15(21)12-20-16-7-6-14(10-18)11-19-16/h3,6-7,11,13,15H,1,4-5,8-10,12H2,2H3,(H,19,20)/t13-,15-/m1/s1. The highest BCUT2D eigenvalue weighted by atomic mass is 19.1. The fourth-order valence-electron chi connectivity index (χ4n) is 2.82. The third kappa shape index (κ3) is 4.68. The van der Waals surface area contributed by atoms with Crippen molar-refractivity contribution in [3.05, 3.63) is 36.5 Å². The summed E-state index contributed by atoms with van der Waals surface area (Å²) in [5.41, 5.74) is 0.552. The van der Waals surface area contributed by atoms with Crippen LogP contribution in [-0.4, -0.2) is 41.7 Å². The van der Waals surface area contributed by atoms with E-state index in [9.17, 15) is 9.18 Å². The van der Waals surface area contributed by atoms with Gasteiger partial charge in [-0.05, 0) is 24.8 Å². The molecule has 126 valence electrons. The smallest absolute Gasteiger partial charge is 0.410 e. The molecule has 2 atom stereocenters. The summed E-state index contributed by atoms with van der Waals surface area (Å²) >= 11 is 0. The van der Waals surface area contributed by atoms with Crippen LogP contribution in [0.15, 0.2) is 31.0 Å². The summed E-state index contributed by atoms with van der Waals surface area (Å²) in [5.74, 6) is 1.05. The number of nitrogens with zero attached hydrogens (tertiary/aromatic N) is 2. The van der Waals surface area contributed by atoms with Gasteiger partial charge in [-0.15, -0.1) is 0 Å². The number of hydrogen-bond acceptors (Lipinski definition) is 4. The molecule has 1 aromatic heterocycles. The minimum absolute atomic E-state index is 0.0451. The van der Waals surface area contributed by atoms with Crippen molar-refractivity contribution in [2.75, 3.05) is 25.0 Å². The molecule has 0 bridgehead atoms. The molecule has 1 N–H and O–H groups in total. The molecule has 1 aliphatic heterocycles. The van der Waals surface area contributed by atoms with E-state index < -0.39 is 6.67 Å². The van der Waals surface area contributed by atoms with Gasteiger partial charge in [0.1, 0.15) is 19.1 Å². The fourth-order valence-corrected chi connectivity index (χ4v) is 2.82. The molecule has 1 fully saturated rings. The molecule has 6 heteroatoms. The van der Waals surface area contributed by atoms with Crippen LogP contribution in [0.4, 0.5) is 15.0 Å². The first-order valence-electron chi connectivity index (χ1n) is 7.94. The SMILES string of the molecule is C=CCOC(=O)N1CCC[C@@H](C)[C@H]1CNc1ccc(CF)cn1. The molecular formula is C17H24FN3O2. The van der Waals surface area contributed by atoms with E-state index in [0.717, 1.165) is 12.8 Å². The van der Waals surface area contributed by atoms with Crippen molar-refractivity contribution in [1.82, 2.24) is 9.88 Å². The predicted octanol–water partition coefficient (Wildman–Crippen LogP) is 3.39. The Hall–Kier alpha value is -2.11. The highest BCUT2D eigenvalue weighted by molar-refractivity contribution is 5.68. The van der Waals surface area contributed by atoms with Gasteiger partial charge in [-0.2, -0.15) is 0 Å². The van der Waals surface area contributed by atoms with Gasteiger partial charge in [0.2, 0.25) is 0 Å². The van der Waals surface area contributed by atoms with Gasteiger partial charge in [-0.1, -0.05) is 25.6 Å². The number of carbonyl (C=O) groups excluding carboxylic acids is 1. The van der Waals surface area contributed by atoms with Crippen molar-refractivity contribution < 1.29 is 13.9 Å². The number of carbonyl (C=O) groups is 1. The molecule has 1 amide bonds. The minimum Gasteiger partial charge on any atom is -0.445 e. The van der Waals surface area contributed by atoms with Crippen LogP contribution in [0.3, 0.4) is 0 Å². The molecule has 0 radical (unpaired) electrons. The van der Waals surface area contributed by atoms with E-state index in [4.69, 9.17) is 4.74 Å². The lowest BCUT2D eigenvalue weighted by Gasteiger charge is -2.39. The van der Waals surface area contributed by atoms with Gasteiger partial charge in [-0.25, -0.2) is 14.2 Å². The average Bonchev–Trinajstić information content (AvgIpc) is 2.58. The second kappa shape index (κ2) is 8.50. The van der Waals surface area contributed by atoms with Crippen molar-refractivity contribution in [3.63, 3.8) is 0 Å². The summed E-state index contributed by atoms with van der Waals surface area (Å²) in [4.78, 5) is 18.1. The summed E-state index contributed by atoms with van der Waals surface area (Å²) in [6.45, 7) is 6.68. The Balaban J connectivity index is 1.97. The van der Waals surface area contributed by atoms with Gasteiger partial charge in [0, 0.05) is 24.8 Å². The molecule has 0 aromatic carbocycles. The summed E-state index contributed by atoms with van der Waals surface area (Å²) in [5, 5.41) is 3.23. The zero-order chi connectivity index (χ0) is 16.7. The van der Waals surface area contributed by atoms with Crippen LogP contribution in [0.25, 0.3) is 0 Å². The number of aromatic nitrogens is 1. The lowest BCUT2D eigenvalue weighted by atomic mass is 9.91. The van der Waals surface area contributed by atoms with Crippen LogP contribution < -0.4 is 5.32 Å². The molecule has 1 aliphatic rings. The second-order valence-corrected chi connectivity index (χ2v) is 5.81. The zero-order valence-corrected chi connectivity index (χ0v) is 13.5. The van der Waals surface area contributed by atoms with Crippen molar-refractivity contribution in [1.29, 1.82) is 0 Å². The van der Waals surface area contributed by atoms with Crippen LogP contribution >= 0.6 is 0 Å². The van der Waals surface area contributed by atoms with Crippen molar-refractivity contribution in [2.45, 2.75) is 32.5 Å². The molecule has 1 saturated heterocycles. The number of amides is 1. The monoisotopic (exact) mass is 321 g/mol. The first-order valence-corrected chi connectivity index (χ1v) is 7.94. The molecular weight excluding hydrogens is 297 g/mol. The molecule has 2 rings (SSSR count). The number of ether oxygens (including phenoxy) is 1. The second-order valence-electron chi connectivity index (χ2n) is 5.81. The van der Waals surface area contributed by atoms with Crippen LogP contribution in [0.2, 0.25) is 0 Å². The molecule has 23 heavy (non-hydrogen) atoms. The Bertz CT molecular complexity index is 521. The van der Waals surface area contributed by atoms with Crippen molar-refractivity contribution in [2.24, 2.45) is 5.92 Å². The number of rotatable bonds is 6. The molecule has 1 aromatic rings. The van der Waals surface area contributed by atoms with Crippen molar-refractivity contribution in [3.8, 4) is 0 Å². The van der Waals surface area contributed by atoms with Crippen LogP contribution in [0, 0.1) is 5.92 Å². The number of halogens is 1. The summed E-state index contributed by atoms with van der Waals surface area (Å²) in [6.07, 6.45) is 4.83. The maximum Gasteiger partial charge on any atom is 0.410 e. The summed E-state index contributed by atoms with van der Waals surface area (Å²) in [7, 11) is 0. The zero-order valence-electron chi connectivity index (χ0n) is 13.5. The lowest BCUT2D eigenvalue weighted by Crippen LogP contribution is -2.51. The number of alkyl halides is 1. The van der Waals surface area contributed by atoms with E-state index in [1.807, 2.05) is 0 Å². The Kier molecular flexibility index (Phi) is 6.38. The van der Waals surface area contributed by atoms with Gasteiger partial charge >= 0.3 is 6.09 Å². The number of likely N-dealkylation sites (tertiary alicyclic amines) is 1. The lowest BCUT2D eigenvalue weighted by molar-refractivity contribution is 0.0666. The highest BCUT2D eigenvalue weighted by Crippen LogP contribution is 2.24. The predicted molar refractivity (Wildman–Crippen MR) is 88.0 cm³/mol. The number of anilines is 1. The number of nitrogens with one attached hydrogen (secondary N) is 1. The number of piperidine rings is 1. The topological polar surface area (TPSA) is 54.5 Å². The van der Waals surface area contributed by atoms with Gasteiger partial charge < -0.3 is 15.0 Å². The van der Waals surface area contributed by atoms with Crippen LogP contribution in [0.5, 0.6) is 0 Å².